The molecule has 18 heavy (non-hydrogen) atoms. The minimum absolute atomic E-state index is 0.217. The summed E-state index contributed by atoms with van der Waals surface area (Å²) < 4.78 is 11.1. The van der Waals surface area contributed by atoms with Crippen molar-refractivity contribution in [2.45, 2.75) is 37.6 Å². The molecule has 0 saturated heterocycles. The van der Waals surface area contributed by atoms with Crippen LogP contribution in [0.15, 0.2) is 24.3 Å². The van der Waals surface area contributed by atoms with Gasteiger partial charge in [-0.1, -0.05) is 41.9 Å². The fourth-order valence-corrected chi connectivity index (χ4v) is 2.79. The molecule has 2 unspecified atom stereocenters. The first kappa shape index (κ1) is 13.9. The lowest BCUT2D eigenvalue weighted by Crippen LogP contribution is -2.53. The van der Waals surface area contributed by atoms with Crippen LogP contribution in [0.2, 0.25) is 0 Å². The molecule has 1 aliphatic carbocycles. The second-order valence-corrected chi connectivity index (χ2v) is 6.62. The molecule has 1 fully saturated rings. The summed E-state index contributed by atoms with van der Waals surface area (Å²) in [6.45, 7) is 5.25. The molecule has 0 aromatic heterocycles. The van der Waals surface area contributed by atoms with Gasteiger partial charge in [-0.3, -0.25) is 0 Å². The number of rotatable bonds is 5. The number of ether oxygens (including phenoxy) is 2. The molecule has 0 N–H and O–H groups in total. The van der Waals surface area contributed by atoms with Crippen molar-refractivity contribution in [3.8, 4) is 5.75 Å². The standard InChI is InChI=1S/C15H21BrO2/c1-15(2)13(16)10-14(15)18-12-6-4-11(5-7-12)8-9-17-3/h4-7,13-14H,8-10H2,1-3H3. The Bertz CT molecular complexity index is 386. The van der Waals surface area contributed by atoms with Crippen LogP contribution in [0.25, 0.3) is 0 Å². The van der Waals surface area contributed by atoms with E-state index in [0.717, 1.165) is 25.2 Å². The molecule has 1 saturated carbocycles. The molecule has 1 aliphatic rings. The molecule has 2 nitrogen and oxygen atoms in total. The second-order valence-electron chi connectivity index (χ2n) is 5.52. The lowest BCUT2D eigenvalue weighted by molar-refractivity contribution is -0.00780. The van der Waals surface area contributed by atoms with Crippen molar-refractivity contribution >= 4 is 15.9 Å². The van der Waals surface area contributed by atoms with Crippen LogP contribution in [0.3, 0.4) is 0 Å². The molecule has 3 heteroatoms. The minimum Gasteiger partial charge on any atom is -0.490 e. The molecule has 100 valence electrons. The highest BCUT2D eigenvalue weighted by Crippen LogP contribution is 2.47. The smallest absolute Gasteiger partial charge is 0.119 e. The first-order valence-electron chi connectivity index (χ1n) is 6.42. The average molecular weight is 313 g/mol. The van der Waals surface area contributed by atoms with Crippen molar-refractivity contribution in [3.63, 3.8) is 0 Å². The summed E-state index contributed by atoms with van der Waals surface area (Å²) in [6.07, 6.45) is 2.35. The fourth-order valence-electron chi connectivity index (χ4n) is 2.16. The van der Waals surface area contributed by atoms with Crippen molar-refractivity contribution in [1.82, 2.24) is 0 Å². The van der Waals surface area contributed by atoms with Gasteiger partial charge in [0.15, 0.2) is 0 Å². The summed E-state index contributed by atoms with van der Waals surface area (Å²) in [5.41, 5.74) is 1.50. The number of methoxy groups -OCH3 is 1. The van der Waals surface area contributed by atoms with E-state index < -0.39 is 0 Å². The highest BCUT2D eigenvalue weighted by atomic mass is 79.9. The van der Waals surface area contributed by atoms with Crippen LogP contribution in [0.5, 0.6) is 5.75 Å². The Hall–Kier alpha value is -0.540. The molecule has 0 heterocycles. The monoisotopic (exact) mass is 312 g/mol. The van der Waals surface area contributed by atoms with Crippen molar-refractivity contribution in [3.05, 3.63) is 29.8 Å². The van der Waals surface area contributed by atoms with Crippen LogP contribution < -0.4 is 4.74 Å². The van der Waals surface area contributed by atoms with E-state index in [1.165, 1.54) is 5.56 Å². The Balaban J connectivity index is 1.91. The van der Waals surface area contributed by atoms with Gasteiger partial charge >= 0.3 is 0 Å². The van der Waals surface area contributed by atoms with E-state index in [4.69, 9.17) is 9.47 Å². The van der Waals surface area contributed by atoms with Gasteiger partial charge in [-0.25, -0.2) is 0 Å². The second kappa shape index (κ2) is 5.62. The Morgan fingerprint density at radius 2 is 1.94 bits per heavy atom. The number of alkyl halides is 1. The van der Waals surface area contributed by atoms with Crippen molar-refractivity contribution in [1.29, 1.82) is 0 Å². The Kier molecular flexibility index (Phi) is 4.33. The molecule has 0 amide bonds. The van der Waals surface area contributed by atoms with Crippen molar-refractivity contribution in [2.75, 3.05) is 13.7 Å². The SMILES string of the molecule is COCCc1ccc(OC2CC(Br)C2(C)C)cc1. The molecule has 0 radical (unpaired) electrons. The van der Waals surface area contributed by atoms with Crippen LogP contribution in [-0.2, 0) is 11.2 Å². The highest BCUT2D eigenvalue weighted by Gasteiger charge is 2.48. The van der Waals surface area contributed by atoms with Gasteiger partial charge in [0.2, 0.25) is 0 Å². The number of benzene rings is 1. The maximum Gasteiger partial charge on any atom is 0.119 e. The number of hydrogen-bond acceptors (Lipinski definition) is 2. The van der Waals surface area contributed by atoms with E-state index in [0.29, 0.717) is 10.9 Å². The minimum atomic E-state index is 0.217. The maximum atomic E-state index is 6.03. The van der Waals surface area contributed by atoms with Gasteiger partial charge in [0.05, 0.1) is 6.61 Å². The zero-order chi connectivity index (χ0) is 13.2. The normalized spacial score (nSPS) is 25.6. The third-order valence-corrected chi connectivity index (χ3v) is 5.41. The maximum absolute atomic E-state index is 6.03. The lowest BCUT2D eigenvalue weighted by Gasteiger charge is -2.48. The number of halogens is 1. The van der Waals surface area contributed by atoms with E-state index in [1.807, 2.05) is 0 Å². The third-order valence-electron chi connectivity index (χ3n) is 3.85. The van der Waals surface area contributed by atoms with Crippen LogP contribution in [0.1, 0.15) is 25.8 Å². The molecule has 0 bridgehead atoms. The number of hydrogen-bond donors (Lipinski definition) is 0. The molecular weight excluding hydrogens is 292 g/mol. The van der Waals surface area contributed by atoms with Crippen LogP contribution >= 0.6 is 15.9 Å². The van der Waals surface area contributed by atoms with Gasteiger partial charge in [-0.2, -0.15) is 0 Å². The zero-order valence-corrected chi connectivity index (χ0v) is 12.9. The van der Waals surface area contributed by atoms with Gasteiger partial charge in [0.1, 0.15) is 11.9 Å². The molecule has 1 aromatic rings. The summed E-state index contributed by atoms with van der Waals surface area (Å²) in [4.78, 5) is 0.566. The lowest BCUT2D eigenvalue weighted by atomic mass is 9.69. The van der Waals surface area contributed by atoms with Crippen LogP contribution in [-0.4, -0.2) is 24.6 Å². The van der Waals surface area contributed by atoms with E-state index in [-0.39, 0.29) is 5.41 Å². The highest BCUT2D eigenvalue weighted by molar-refractivity contribution is 9.09. The summed E-state index contributed by atoms with van der Waals surface area (Å²) in [5, 5.41) is 0. The van der Waals surface area contributed by atoms with E-state index in [9.17, 15) is 0 Å². The van der Waals surface area contributed by atoms with E-state index >= 15 is 0 Å². The Morgan fingerprint density at radius 1 is 1.28 bits per heavy atom. The van der Waals surface area contributed by atoms with Crippen LogP contribution in [0, 0.1) is 5.41 Å². The van der Waals surface area contributed by atoms with Crippen molar-refractivity contribution in [2.24, 2.45) is 5.41 Å². The summed E-state index contributed by atoms with van der Waals surface area (Å²) >= 11 is 3.68. The molecule has 2 rings (SSSR count). The third kappa shape index (κ3) is 2.89. The Morgan fingerprint density at radius 3 is 2.44 bits per heavy atom. The van der Waals surface area contributed by atoms with Gasteiger partial charge in [0.25, 0.3) is 0 Å². The average Bonchev–Trinajstić information content (AvgIpc) is 2.37. The van der Waals surface area contributed by atoms with Gasteiger partial charge in [0, 0.05) is 17.4 Å². The molecule has 1 aromatic carbocycles. The molecule has 0 spiro atoms. The summed E-state index contributed by atoms with van der Waals surface area (Å²) in [5.74, 6) is 0.966. The molecule has 2 atom stereocenters. The van der Waals surface area contributed by atoms with Gasteiger partial charge < -0.3 is 9.47 Å². The van der Waals surface area contributed by atoms with E-state index in [1.54, 1.807) is 7.11 Å². The topological polar surface area (TPSA) is 18.5 Å². The van der Waals surface area contributed by atoms with Crippen LogP contribution in [0.4, 0.5) is 0 Å². The first-order chi connectivity index (χ1) is 8.54. The zero-order valence-electron chi connectivity index (χ0n) is 11.3. The Labute approximate surface area is 118 Å². The van der Waals surface area contributed by atoms with Crippen molar-refractivity contribution < 1.29 is 9.47 Å². The predicted octanol–water partition coefficient (Wildman–Crippen LogP) is 3.82. The summed E-state index contributed by atoms with van der Waals surface area (Å²) in [7, 11) is 1.73. The van der Waals surface area contributed by atoms with E-state index in [2.05, 4.69) is 54.0 Å². The fraction of sp³-hybridized carbons (Fsp3) is 0.600. The molecular formula is C15H21BrO2. The first-order valence-corrected chi connectivity index (χ1v) is 7.34. The van der Waals surface area contributed by atoms with Gasteiger partial charge in [-0.05, 0) is 30.5 Å². The molecule has 0 aliphatic heterocycles. The summed E-state index contributed by atoms with van der Waals surface area (Å²) in [6, 6.07) is 8.35. The van der Waals surface area contributed by atoms with Gasteiger partial charge in [-0.15, -0.1) is 0 Å². The predicted molar refractivity (Wildman–Crippen MR) is 77.6 cm³/mol. The largest absolute Gasteiger partial charge is 0.490 e. The quantitative estimate of drug-likeness (QED) is 0.770.